The van der Waals surface area contributed by atoms with Crippen molar-refractivity contribution < 1.29 is 4.74 Å². The maximum Gasteiger partial charge on any atom is 0.136 e. The largest absolute Gasteiger partial charge is 0.495 e. The van der Waals surface area contributed by atoms with Crippen LogP contribution in [0.25, 0.3) is 0 Å². The van der Waals surface area contributed by atoms with Crippen molar-refractivity contribution in [3.05, 3.63) is 47.3 Å². The Morgan fingerprint density at radius 3 is 2.90 bits per heavy atom. The van der Waals surface area contributed by atoms with Gasteiger partial charge in [0.05, 0.1) is 18.9 Å². The fourth-order valence-electron chi connectivity index (χ4n) is 2.00. The summed E-state index contributed by atoms with van der Waals surface area (Å²) in [5, 5.41) is 16.4. The minimum absolute atomic E-state index is 0.562. The second-order valence-electron chi connectivity index (χ2n) is 4.60. The lowest BCUT2D eigenvalue weighted by atomic mass is 10.1. The molecule has 0 spiro atoms. The quantitative estimate of drug-likeness (QED) is 0.810. The fraction of sp³-hybridized carbons (Fsp3) is 0.333. The van der Waals surface area contributed by atoms with Gasteiger partial charge in [-0.1, -0.05) is 6.07 Å². The molecule has 0 aliphatic heterocycles. The van der Waals surface area contributed by atoms with Gasteiger partial charge in [0.1, 0.15) is 11.8 Å². The number of nitriles is 1. The number of methoxy groups -OCH3 is 1. The van der Waals surface area contributed by atoms with Gasteiger partial charge in [-0.2, -0.15) is 10.4 Å². The zero-order valence-electron chi connectivity index (χ0n) is 11.8. The van der Waals surface area contributed by atoms with Crippen LogP contribution in [0, 0.1) is 11.3 Å². The summed E-state index contributed by atoms with van der Waals surface area (Å²) < 4.78 is 7.00. The van der Waals surface area contributed by atoms with Gasteiger partial charge in [0.15, 0.2) is 0 Å². The zero-order valence-corrected chi connectivity index (χ0v) is 11.8. The number of rotatable bonds is 6. The Labute approximate surface area is 118 Å². The molecule has 0 radical (unpaired) electrons. The molecule has 20 heavy (non-hydrogen) atoms. The average molecular weight is 270 g/mol. The second-order valence-corrected chi connectivity index (χ2v) is 4.60. The third-order valence-electron chi connectivity index (χ3n) is 3.06. The Morgan fingerprint density at radius 2 is 2.25 bits per heavy atom. The number of nitrogens with one attached hydrogen (secondary N) is 1. The van der Waals surface area contributed by atoms with Crippen LogP contribution in [0.15, 0.2) is 30.6 Å². The lowest BCUT2D eigenvalue weighted by Crippen LogP contribution is -2.16. The normalized spacial score (nSPS) is 10.2. The van der Waals surface area contributed by atoms with Gasteiger partial charge in [0.2, 0.25) is 0 Å². The smallest absolute Gasteiger partial charge is 0.136 e. The van der Waals surface area contributed by atoms with Crippen LogP contribution in [0.4, 0.5) is 0 Å². The summed E-state index contributed by atoms with van der Waals surface area (Å²) in [5.74, 6) is 0.624. The zero-order chi connectivity index (χ0) is 14.4. The molecule has 0 atom stereocenters. The van der Waals surface area contributed by atoms with E-state index in [4.69, 9.17) is 10.00 Å². The van der Waals surface area contributed by atoms with Gasteiger partial charge in [-0.3, -0.25) is 4.68 Å². The predicted molar refractivity (Wildman–Crippen MR) is 76.3 cm³/mol. The van der Waals surface area contributed by atoms with E-state index in [9.17, 15) is 0 Å². The van der Waals surface area contributed by atoms with Gasteiger partial charge >= 0.3 is 0 Å². The Hall–Kier alpha value is -2.32. The first-order chi connectivity index (χ1) is 9.72. The molecule has 104 valence electrons. The Morgan fingerprint density at radius 1 is 1.40 bits per heavy atom. The van der Waals surface area contributed by atoms with Crippen LogP contribution >= 0.6 is 0 Å². The van der Waals surface area contributed by atoms with Crippen LogP contribution in [0.5, 0.6) is 5.75 Å². The predicted octanol–water partition coefficient (Wildman–Crippen LogP) is 1.63. The topological polar surface area (TPSA) is 62.9 Å². The van der Waals surface area contributed by atoms with Crippen molar-refractivity contribution in [2.75, 3.05) is 13.7 Å². The van der Waals surface area contributed by atoms with Crippen molar-refractivity contribution in [1.29, 1.82) is 5.26 Å². The highest BCUT2D eigenvalue weighted by Crippen LogP contribution is 2.19. The number of hydrogen-bond donors (Lipinski definition) is 1. The van der Waals surface area contributed by atoms with Crippen LogP contribution in [0.1, 0.15) is 16.7 Å². The average Bonchev–Trinajstić information content (AvgIpc) is 2.89. The molecule has 1 heterocycles. The maximum absolute atomic E-state index is 8.93. The highest BCUT2D eigenvalue weighted by Gasteiger charge is 2.03. The van der Waals surface area contributed by atoms with Gasteiger partial charge in [0.25, 0.3) is 0 Å². The van der Waals surface area contributed by atoms with E-state index in [0.29, 0.717) is 11.3 Å². The molecule has 0 aliphatic carbocycles. The number of benzene rings is 1. The SMILES string of the molecule is COc1cc(CNCCc2cnn(C)c2)ccc1C#N. The molecule has 0 aliphatic rings. The molecule has 1 N–H and O–H groups in total. The van der Waals surface area contributed by atoms with Crippen molar-refractivity contribution in [1.82, 2.24) is 15.1 Å². The van der Waals surface area contributed by atoms with Gasteiger partial charge in [-0.05, 0) is 36.2 Å². The van der Waals surface area contributed by atoms with Crippen molar-refractivity contribution in [3.8, 4) is 11.8 Å². The van der Waals surface area contributed by atoms with Crippen molar-refractivity contribution >= 4 is 0 Å². The lowest BCUT2D eigenvalue weighted by molar-refractivity contribution is 0.412. The molecule has 1 aromatic heterocycles. The summed E-state index contributed by atoms with van der Waals surface area (Å²) in [7, 11) is 3.50. The minimum Gasteiger partial charge on any atom is -0.495 e. The highest BCUT2D eigenvalue weighted by atomic mass is 16.5. The van der Waals surface area contributed by atoms with Gasteiger partial charge in [-0.25, -0.2) is 0 Å². The van der Waals surface area contributed by atoms with E-state index in [1.54, 1.807) is 17.9 Å². The summed E-state index contributed by atoms with van der Waals surface area (Å²) in [6, 6.07) is 7.74. The van der Waals surface area contributed by atoms with Crippen LogP contribution in [-0.4, -0.2) is 23.4 Å². The third-order valence-corrected chi connectivity index (χ3v) is 3.06. The summed E-state index contributed by atoms with van der Waals surface area (Å²) in [4.78, 5) is 0. The van der Waals surface area contributed by atoms with Crippen LogP contribution in [-0.2, 0) is 20.0 Å². The van der Waals surface area contributed by atoms with Crippen molar-refractivity contribution in [2.24, 2.45) is 7.05 Å². The first-order valence-corrected chi connectivity index (χ1v) is 6.48. The number of hydrogen-bond acceptors (Lipinski definition) is 4. The Bertz CT molecular complexity index is 613. The van der Waals surface area contributed by atoms with E-state index in [1.165, 1.54) is 5.56 Å². The molecule has 0 unspecified atom stereocenters. The maximum atomic E-state index is 8.93. The number of ether oxygens (including phenoxy) is 1. The molecule has 5 heteroatoms. The molecule has 5 nitrogen and oxygen atoms in total. The molecule has 0 bridgehead atoms. The second kappa shape index (κ2) is 6.73. The van der Waals surface area contributed by atoms with Crippen LogP contribution in [0.3, 0.4) is 0 Å². The molecular formula is C15H18N4O. The van der Waals surface area contributed by atoms with Crippen molar-refractivity contribution in [2.45, 2.75) is 13.0 Å². The molecule has 0 saturated carbocycles. The molecule has 0 saturated heterocycles. The fourth-order valence-corrected chi connectivity index (χ4v) is 2.00. The summed E-state index contributed by atoms with van der Waals surface area (Å²) in [5.41, 5.74) is 2.89. The van der Waals surface area contributed by atoms with Gasteiger partial charge < -0.3 is 10.1 Å². The molecule has 2 aromatic rings. The summed E-state index contributed by atoms with van der Waals surface area (Å²) in [6.45, 7) is 1.64. The van der Waals surface area contributed by atoms with Crippen molar-refractivity contribution in [3.63, 3.8) is 0 Å². The molecule has 0 fully saturated rings. The third kappa shape index (κ3) is 3.59. The first kappa shape index (κ1) is 14.1. The Balaban J connectivity index is 1.83. The van der Waals surface area contributed by atoms with E-state index >= 15 is 0 Å². The van der Waals surface area contributed by atoms with E-state index in [1.807, 2.05) is 31.6 Å². The van der Waals surface area contributed by atoms with Gasteiger partial charge in [-0.15, -0.1) is 0 Å². The van der Waals surface area contributed by atoms with Crippen LogP contribution < -0.4 is 10.1 Å². The molecular weight excluding hydrogens is 252 g/mol. The van der Waals surface area contributed by atoms with E-state index in [-0.39, 0.29) is 0 Å². The highest BCUT2D eigenvalue weighted by molar-refractivity contribution is 5.45. The monoisotopic (exact) mass is 270 g/mol. The van der Waals surface area contributed by atoms with E-state index < -0.39 is 0 Å². The molecule has 0 amide bonds. The standard InChI is InChI=1S/C15H18N4O/c1-19-11-13(10-18-19)5-6-17-9-12-3-4-14(8-16)15(7-12)20-2/h3-4,7,10-11,17H,5-6,9H2,1-2H3. The van der Waals surface area contributed by atoms with Crippen LogP contribution in [0.2, 0.25) is 0 Å². The summed E-state index contributed by atoms with van der Waals surface area (Å²) >= 11 is 0. The molecule has 1 aromatic carbocycles. The number of aromatic nitrogens is 2. The number of aryl methyl sites for hydroxylation is 1. The lowest BCUT2D eigenvalue weighted by Gasteiger charge is -2.07. The molecule has 2 rings (SSSR count). The summed E-state index contributed by atoms with van der Waals surface area (Å²) in [6.07, 6.45) is 4.85. The number of nitrogens with zero attached hydrogens (tertiary/aromatic N) is 3. The van der Waals surface area contributed by atoms with Gasteiger partial charge in [0, 0.05) is 19.8 Å². The van der Waals surface area contributed by atoms with E-state index in [0.717, 1.165) is 25.1 Å². The first-order valence-electron chi connectivity index (χ1n) is 6.48. The minimum atomic E-state index is 0.562. The van der Waals surface area contributed by atoms with E-state index in [2.05, 4.69) is 16.5 Å². The Kier molecular flexibility index (Phi) is 4.75.